The van der Waals surface area contributed by atoms with Crippen molar-refractivity contribution >= 4 is 39.3 Å². The Morgan fingerprint density at radius 3 is 1.83 bits per heavy atom. The van der Waals surface area contributed by atoms with Gasteiger partial charge in [0.25, 0.3) is 0 Å². The molecule has 7 aromatic heterocycles. The number of aromatic nitrogens is 7. The van der Waals surface area contributed by atoms with Crippen LogP contribution < -0.4 is 11.1 Å². The Morgan fingerprint density at radius 2 is 1.20 bits per heavy atom. The molecule has 7 aromatic rings. The van der Waals surface area contributed by atoms with Crippen LogP contribution in [0.3, 0.4) is 0 Å². The molecule has 0 aromatic carbocycles. The second-order valence-electron chi connectivity index (χ2n) is 9.15. The zero-order valence-corrected chi connectivity index (χ0v) is 22.2. The molecule has 9 nitrogen and oxygen atoms in total. The monoisotopic (exact) mass is 535 g/mol. The first-order chi connectivity index (χ1) is 20.2. The van der Waals surface area contributed by atoms with E-state index >= 15 is 0 Å². The lowest BCUT2D eigenvalue weighted by molar-refractivity contribution is 1.18. The molecule has 0 aliphatic carbocycles. The van der Waals surface area contributed by atoms with Crippen LogP contribution >= 0.6 is 0 Å². The van der Waals surface area contributed by atoms with Gasteiger partial charge in [0.2, 0.25) is 0 Å². The number of hydrogen-bond acceptors (Lipinski definition) is 9. The summed E-state index contributed by atoms with van der Waals surface area (Å²) in [7, 11) is 0. The molecule has 0 aliphatic rings. The summed E-state index contributed by atoms with van der Waals surface area (Å²) in [6.45, 7) is 1.96. The maximum Gasteiger partial charge on any atom is 0.158 e. The average Bonchev–Trinajstić information content (AvgIpc) is 3.03. The van der Waals surface area contributed by atoms with Crippen LogP contribution in [0.25, 0.3) is 44.1 Å². The number of nitrogens with one attached hydrogen (secondary N) is 1. The fraction of sp³-hybridized carbons (Fsp3) is 0.0312. The van der Waals surface area contributed by atoms with Gasteiger partial charge in [-0.2, -0.15) is 0 Å². The minimum Gasteiger partial charge on any atom is -0.382 e. The van der Waals surface area contributed by atoms with Crippen LogP contribution in [0.1, 0.15) is 5.69 Å². The van der Waals surface area contributed by atoms with E-state index in [0.717, 1.165) is 55.6 Å². The second-order valence-corrected chi connectivity index (χ2v) is 9.15. The van der Waals surface area contributed by atoms with Crippen molar-refractivity contribution in [3.05, 3.63) is 122 Å². The summed E-state index contributed by atoms with van der Waals surface area (Å²) in [5, 5.41) is 5.28. The summed E-state index contributed by atoms with van der Waals surface area (Å²) in [4.78, 5) is 30.3. The van der Waals surface area contributed by atoms with Crippen LogP contribution in [0.2, 0.25) is 0 Å². The molecule has 3 N–H and O–H groups in total. The van der Waals surface area contributed by atoms with Crippen molar-refractivity contribution in [1.82, 2.24) is 34.9 Å². The van der Waals surface area contributed by atoms with E-state index < -0.39 is 0 Å². The molecule has 7 heterocycles. The van der Waals surface area contributed by atoms with E-state index in [-0.39, 0.29) is 0 Å². The van der Waals surface area contributed by atoms with Gasteiger partial charge in [0, 0.05) is 88.3 Å². The van der Waals surface area contributed by atoms with E-state index in [1.807, 2.05) is 86.0 Å². The lowest BCUT2D eigenvalue weighted by Crippen LogP contribution is -1.99. The van der Waals surface area contributed by atoms with Crippen LogP contribution in [0.5, 0.6) is 0 Å². The van der Waals surface area contributed by atoms with Crippen LogP contribution in [0.4, 0.5) is 17.5 Å². The van der Waals surface area contributed by atoms with Gasteiger partial charge < -0.3 is 11.1 Å². The SMILES string of the molecule is Cc1cccc(Nc2ncc(-c3cccnc3)c3cccnc23)n1.Nc1ncc(-c2cccnc2)c2cccnc12. The quantitative estimate of drug-likeness (QED) is 0.262. The Balaban J connectivity index is 0.000000156. The fourth-order valence-corrected chi connectivity index (χ4v) is 4.49. The number of hydrogen-bond donors (Lipinski definition) is 2. The van der Waals surface area contributed by atoms with Crippen molar-refractivity contribution < 1.29 is 0 Å². The summed E-state index contributed by atoms with van der Waals surface area (Å²) >= 11 is 0. The van der Waals surface area contributed by atoms with Gasteiger partial charge in [-0.1, -0.05) is 30.3 Å². The number of fused-ring (bicyclic) bond motifs is 2. The molecule has 7 rings (SSSR count). The summed E-state index contributed by atoms with van der Waals surface area (Å²) < 4.78 is 0. The van der Waals surface area contributed by atoms with Gasteiger partial charge in [-0.25, -0.2) is 15.0 Å². The number of aryl methyl sites for hydroxylation is 1. The first kappa shape index (κ1) is 25.4. The molecule has 0 bridgehead atoms. The van der Waals surface area contributed by atoms with Gasteiger partial charge in [-0.05, 0) is 43.3 Å². The number of anilines is 3. The molecule has 0 atom stereocenters. The van der Waals surface area contributed by atoms with Crippen LogP contribution in [0, 0.1) is 6.92 Å². The highest BCUT2D eigenvalue weighted by Gasteiger charge is 2.11. The number of nitrogen functional groups attached to an aromatic ring is 1. The maximum absolute atomic E-state index is 5.81. The third-order valence-corrected chi connectivity index (χ3v) is 6.40. The first-order valence-electron chi connectivity index (χ1n) is 12.9. The molecule has 0 spiro atoms. The minimum atomic E-state index is 0.452. The predicted octanol–water partition coefficient (Wildman–Crippen LogP) is 6.41. The third kappa shape index (κ3) is 5.50. The molecule has 0 aliphatic heterocycles. The Kier molecular flexibility index (Phi) is 7.14. The maximum atomic E-state index is 5.81. The van der Waals surface area contributed by atoms with E-state index in [9.17, 15) is 0 Å². The summed E-state index contributed by atoms with van der Waals surface area (Å²) in [5.41, 5.74) is 12.3. The van der Waals surface area contributed by atoms with Crippen LogP contribution in [-0.4, -0.2) is 34.9 Å². The van der Waals surface area contributed by atoms with E-state index in [4.69, 9.17) is 5.73 Å². The highest BCUT2D eigenvalue weighted by molar-refractivity contribution is 6.00. The number of nitrogens with zero attached hydrogens (tertiary/aromatic N) is 7. The molecule has 0 saturated heterocycles. The Labute approximate surface area is 236 Å². The van der Waals surface area contributed by atoms with E-state index in [0.29, 0.717) is 11.6 Å². The number of pyridine rings is 7. The molecule has 198 valence electrons. The van der Waals surface area contributed by atoms with Crippen molar-refractivity contribution in [1.29, 1.82) is 0 Å². The van der Waals surface area contributed by atoms with Crippen LogP contribution in [0.15, 0.2) is 116 Å². The molecule has 0 saturated carbocycles. The van der Waals surface area contributed by atoms with Crippen molar-refractivity contribution in [2.45, 2.75) is 6.92 Å². The smallest absolute Gasteiger partial charge is 0.158 e. The molecular weight excluding hydrogens is 510 g/mol. The van der Waals surface area contributed by atoms with Gasteiger partial charge in [0.05, 0.1) is 0 Å². The Morgan fingerprint density at radius 1 is 0.585 bits per heavy atom. The standard InChI is InChI=1S/C19H15N5.C13H10N4/c1-13-5-2-8-17(23-13)24-19-18-15(7-4-10-21-18)16(12-22-19)14-6-3-9-20-11-14;14-13-12-10(4-2-6-16-12)11(8-17-13)9-3-1-5-15-7-9/h2-12H,1H3,(H,22,23,24);1-8H,(H2,14,17). The zero-order chi connectivity index (χ0) is 28.0. The molecule has 0 radical (unpaired) electrons. The molecular formula is C32H25N9. The lowest BCUT2D eigenvalue weighted by Gasteiger charge is -2.11. The van der Waals surface area contributed by atoms with Crippen molar-refractivity contribution in [3.63, 3.8) is 0 Å². The topological polar surface area (TPSA) is 128 Å². The number of rotatable bonds is 4. The summed E-state index contributed by atoms with van der Waals surface area (Å²) in [6.07, 6.45) is 14.2. The van der Waals surface area contributed by atoms with Crippen molar-refractivity contribution in [2.24, 2.45) is 0 Å². The number of nitrogens with two attached hydrogens (primary N) is 1. The van der Waals surface area contributed by atoms with Gasteiger partial charge in [-0.3, -0.25) is 19.9 Å². The zero-order valence-electron chi connectivity index (χ0n) is 22.2. The largest absolute Gasteiger partial charge is 0.382 e. The third-order valence-electron chi connectivity index (χ3n) is 6.40. The summed E-state index contributed by atoms with van der Waals surface area (Å²) in [6, 6.07) is 21.5. The Bertz CT molecular complexity index is 1950. The average molecular weight is 536 g/mol. The second kappa shape index (κ2) is 11.5. The first-order valence-corrected chi connectivity index (χ1v) is 12.9. The minimum absolute atomic E-state index is 0.452. The lowest BCUT2D eigenvalue weighted by atomic mass is 10.0. The molecule has 0 amide bonds. The normalized spacial score (nSPS) is 10.7. The molecule has 41 heavy (non-hydrogen) atoms. The predicted molar refractivity (Wildman–Crippen MR) is 162 cm³/mol. The van der Waals surface area contributed by atoms with Gasteiger partial charge in [-0.15, -0.1) is 0 Å². The van der Waals surface area contributed by atoms with Crippen LogP contribution in [-0.2, 0) is 0 Å². The van der Waals surface area contributed by atoms with Gasteiger partial charge in [0.15, 0.2) is 5.82 Å². The Hall–Kier alpha value is -5.83. The van der Waals surface area contributed by atoms with Crippen molar-refractivity contribution in [3.8, 4) is 22.3 Å². The fourth-order valence-electron chi connectivity index (χ4n) is 4.49. The van der Waals surface area contributed by atoms with E-state index in [1.165, 1.54) is 0 Å². The highest BCUT2D eigenvalue weighted by atomic mass is 15.1. The summed E-state index contributed by atoms with van der Waals surface area (Å²) in [5.74, 6) is 1.90. The van der Waals surface area contributed by atoms with Gasteiger partial charge in [0.1, 0.15) is 22.7 Å². The molecule has 0 fully saturated rings. The van der Waals surface area contributed by atoms with E-state index in [1.54, 1.807) is 37.2 Å². The van der Waals surface area contributed by atoms with Crippen molar-refractivity contribution in [2.75, 3.05) is 11.1 Å². The highest BCUT2D eigenvalue weighted by Crippen LogP contribution is 2.31. The van der Waals surface area contributed by atoms with E-state index in [2.05, 4.69) is 40.2 Å². The molecule has 0 unspecified atom stereocenters. The molecule has 9 heteroatoms. The van der Waals surface area contributed by atoms with Gasteiger partial charge >= 0.3 is 0 Å².